The molecular formula is C22H17F5N2O4. The lowest BCUT2D eigenvalue weighted by Gasteiger charge is -2.13. The van der Waals surface area contributed by atoms with Crippen molar-refractivity contribution in [3.05, 3.63) is 76.9 Å². The molecule has 1 heterocycles. The Bertz CT molecular complexity index is 1140. The van der Waals surface area contributed by atoms with E-state index in [0.29, 0.717) is 11.3 Å². The second-order valence-electron chi connectivity index (χ2n) is 7.43. The number of hydrogen-bond donors (Lipinski definition) is 2. The molecular weight excluding hydrogens is 451 g/mol. The smallest absolute Gasteiger partial charge is 0.416 e. The van der Waals surface area contributed by atoms with Crippen molar-refractivity contribution in [1.29, 1.82) is 0 Å². The molecule has 1 fully saturated rings. The van der Waals surface area contributed by atoms with Crippen LogP contribution < -0.4 is 5.48 Å². The average Bonchev–Trinajstić information content (AvgIpc) is 3.52. The van der Waals surface area contributed by atoms with E-state index in [1.807, 2.05) is 5.48 Å². The summed E-state index contributed by atoms with van der Waals surface area (Å²) in [5.74, 6) is -3.16. The van der Waals surface area contributed by atoms with E-state index in [0.717, 1.165) is 43.2 Å². The number of benzene rings is 2. The lowest BCUT2D eigenvalue weighted by Crippen LogP contribution is -2.29. The van der Waals surface area contributed by atoms with Gasteiger partial charge in [0.2, 0.25) is 5.89 Å². The molecule has 0 aliphatic heterocycles. The number of carbonyl (C=O) groups is 1. The highest BCUT2D eigenvalue weighted by Gasteiger charge is 2.35. The van der Waals surface area contributed by atoms with Crippen LogP contribution in [0.4, 0.5) is 22.0 Å². The van der Waals surface area contributed by atoms with E-state index in [2.05, 4.69) is 4.98 Å². The molecule has 0 saturated heterocycles. The number of rotatable bonds is 7. The Hall–Kier alpha value is -3.31. The quantitative estimate of drug-likeness (QED) is 0.380. The first-order valence-electron chi connectivity index (χ1n) is 9.88. The highest BCUT2D eigenvalue weighted by molar-refractivity contribution is 5.94. The number of alkyl halides is 3. The molecule has 4 rings (SSSR count). The summed E-state index contributed by atoms with van der Waals surface area (Å²) in [5, 5.41) is 9.67. The number of aliphatic hydroxyl groups is 1. The number of halogens is 5. The van der Waals surface area contributed by atoms with Gasteiger partial charge in [-0.2, -0.15) is 13.2 Å². The SMILES string of the molecule is O=C(NOC(CO)c1nc(-c2ccc(C(F)(F)F)cc2)c(C2CC2)o1)c1c(F)cccc1F. The largest absolute Gasteiger partial charge is 0.442 e. The van der Waals surface area contributed by atoms with Gasteiger partial charge in [-0.3, -0.25) is 9.63 Å². The summed E-state index contributed by atoms with van der Waals surface area (Å²) in [7, 11) is 0. The van der Waals surface area contributed by atoms with E-state index >= 15 is 0 Å². The number of hydroxylamine groups is 1. The Morgan fingerprint density at radius 1 is 1.15 bits per heavy atom. The maximum Gasteiger partial charge on any atom is 0.416 e. The number of aromatic nitrogens is 1. The molecule has 3 aromatic rings. The van der Waals surface area contributed by atoms with E-state index in [1.54, 1.807) is 0 Å². The third-order valence-corrected chi connectivity index (χ3v) is 5.03. The zero-order valence-electron chi connectivity index (χ0n) is 16.8. The van der Waals surface area contributed by atoms with Gasteiger partial charge in [-0.1, -0.05) is 18.2 Å². The molecule has 1 atom stereocenters. The highest BCUT2D eigenvalue weighted by atomic mass is 19.4. The van der Waals surface area contributed by atoms with Crippen molar-refractivity contribution < 1.29 is 41.1 Å². The molecule has 1 amide bonds. The summed E-state index contributed by atoms with van der Waals surface area (Å²) in [5.41, 5.74) is 0.833. The van der Waals surface area contributed by atoms with E-state index in [4.69, 9.17) is 9.25 Å². The fourth-order valence-electron chi connectivity index (χ4n) is 3.19. The number of carbonyl (C=O) groups excluding carboxylic acids is 1. The van der Waals surface area contributed by atoms with Crippen molar-refractivity contribution in [3.8, 4) is 11.3 Å². The van der Waals surface area contributed by atoms with Crippen molar-refractivity contribution in [2.24, 2.45) is 0 Å². The van der Waals surface area contributed by atoms with Crippen LogP contribution in [0.5, 0.6) is 0 Å². The standard InChI is InChI=1S/C22H17F5N2O4/c23-14-2-1-3-15(24)17(14)20(31)29-33-16(10-30)21-28-18(19(32-21)12-4-5-12)11-6-8-13(9-7-11)22(25,26)27/h1-3,6-9,12,16,30H,4-5,10H2,(H,29,31). The maximum atomic E-state index is 13.8. The number of aliphatic hydroxyl groups excluding tert-OH is 1. The number of hydrogen-bond acceptors (Lipinski definition) is 5. The molecule has 1 saturated carbocycles. The average molecular weight is 468 g/mol. The molecule has 6 nitrogen and oxygen atoms in total. The van der Waals surface area contributed by atoms with Crippen LogP contribution in [0.1, 0.15) is 52.4 Å². The summed E-state index contributed by atoms with van der Waals surface area (Å²) in [6, 6.07) is 7.24. The van der Waals surface area contributed by atoms with Crippen LogP contribution in [-0.4, -0.2) is 22.6 Å². The number of amides is 1. The van der Waals surface area contributed by atoms with E-state index in [-0.39, 0.29) is 17.5 Å². The van der Waals surface area contributed by atoms with Crippen molar-refractivity contribution in [3.63, 3.8) is 0 Å². The first kappa shape index (κ1) is 22.9. The first-order valence-corrected chi connectivity index (χ1v) is 9.88. The molecule has 1 unspecified atom stereocenters. The van der Waals surface area contributed by atoms with Gasteiger partial charge in [-0.25, -0.2) is 19.2 Å². The van der Waals surface area contributed by atoms with E-state index in [9.17, 15) is 31.9 Å². The molecule has 0 radical (unpaired) electrons. The van der Waals surface area contributed by atoms with Gasteiger partial charge in [0.05, 0.1) is 12.2 Å². The second-order valence-corrected chi connectivity index (χ2v) is 7.43. The van der Waals surface area contributed by atoms with Gasteiger partial charge in [-0.15, -0.1) is 0 Å². The van der Waals surface area contributed by atoms with E-state index < -0.39 is 47.6 Å². The Balaban J connectivity index is 1.56. The number of oxazole rings is 1. The summed E-state index contributed by atoms with van der Waals surface area (Å²) < 4.78 is 71.8. The Labute approximate surface area is 184 Å². The molecule has 174 valence electrons. The minimum absolute atomic E-state index is 0.00462. The van der Waals surface area contributed by atoms with Crippen LogP contribution in [0.25, 0.3) is 11.3 Å². The van der Waals surface area contributed by atoms with Crippen molar-refractivity contribution in [2.75, 3.05) is 6.61 Å². The molecule has 2 aromatic carbocycles. The minimum Gasteiger partial charge on any atom is -0.442 e. The molecule has 0 bridgehead atoms. The molecule has 0 spiro atoms. The van der Waals surface area contributed by atoms with Gasteiger partial charge in [-0.05, 0) is 37.1 Å². The summed E-state index contributed by atoms with van der Waals surface area (Å²) in [4.78, 5) is 21.5. The van der Waals surface area contributed by atoms with Crippen LogP contribution >= 0.6 is 0 Å². The molecule has 33 heavy (non-hydrogen) atoms. The third-order valence-electron chi connectivity index (χ3n) is 5.03. The lowest BCUT2D eigenvalue weighted by atomic mass is 10.1. The summed E-state index contributed by atoms with van der Waals surface area (Å²) in [6.45, 7) is -0.711. The predicted molar refractivity (Wildman–Crippen MR) is 104 cm³/mol. The van der Waals surface area contributed by atoms with Gasteiger partial charge in [0.1, 0.15) is 28.7 Å². The Morgan fingerprint density at radius 3 is 2.33 bits per heavy atom. The van der Waals surface area contributed by atoms with E-state index in [1.165, 1.54) is 12.1 Å². The monoisotopic (exact) mass is 468 g/mol. The highest BCUT2D eigenvalue weighted by Crippen LogP contribution is 2.45. The first-order chi connectivity index (χ1) is 15.7. The lowest BCUT2D eigenvalue weighted by molar-refractivity contribution is -0.137. The fraction of sp³-hybridized carbons (Fsp3) is 0.273. The minimum atomic E-state index is -4.49. The van der Waals surface area contributed by atoms with Crippen molar-refractivity contribution in [2.45, 2.75) is 31.0 Å². The number of nitrogens with zero attached hydrogens (tertiary/aromatic N) is 1. The molecule has 2 N–H and O–H groups in total. The maximum absolute atomic E-state index is 13.8. The second kappa shape index (κ2) is 8.91. The van der Waals surface area contributed by atoms with Crippen LogP contribution in [0.2, 0.25) is 0 Å². The van der Waals surface area contributed by atoms with Gasteiger partial charge in [0.25, 0.3) is 5.91 Å². The predicted octanol–water partition coefficient (Wildman–Crippen LogP) is 4.91. The van der Waals surface area contributed by atoms with Gasteiger partial charge in [0.15, 0.2) is 6.10 Å². The van der Waals surface area contributed by atoms with Crippen LogP contribution in [0, 0.1) is 11.6 Å². The Kier molecular flexibility index (Phi) is 6.17. The molecule has 1 aliphatic rings. The van der Waals surface area contributed by atoms with Crippen LogP contribution in [-0.2, 0) is 11.0 Å². The van der Waals surface area contributed by atoms with Crippen LogP contribution in [0.3, 0.4) is 0 Å². The van der Waals surface area contributed by atoms with Crippen LogP contribution in [0.15, 0.2) is 46.9 Å². The fourth-order valence-corrected chi connectivity index (χ4v) is 3.19. The molecule has 1 aliphatic carbocycles. The van der Waals surface area contributed by atoms with Crippen molar-refractivity contribution in [1.82, 2.24) is 10.5 Å². The topological polar surface area (TPSA) is 84.6 Å². The summed E-state index contributed by atoms with van der Waals surface area (Å²) >= 11 is 0. The summed E-state index contributed by atoms with van der Waals surface area (Å²) in [6.07, 6.45) is -4.24. The third kappa shape index (κ3) is 4.88. The molecule has 1 aromatic heterocycles. The van der Waals surface area contributed by atoms with Gasteiger partial charge < -0.3 is 9.52 Å². The van der Waals surface area contributed by atoms with Gasteiger partial charge >= 0.3 is 6.18 Å². The number of nitrogens with one attached hydrogen (secondary N) is 1. The normalized spacial score (nSPS) is 14.8. The molecule has 11 heteroatoms. The Morgan fingerprint density at radius 2 is 1.79 bits per heavy atom. The zero-order valence-corrected chi connectivity index (χ0v) is 16.8. The van der Waals surface area contributed by atoms with Gasteiger partial charge in [0, 0.05) is 11.5 Å². The van der Waals surface area contributed by atoms with Crippen molar-refractivity contribution >= 4 is 5.91 Å². The zero-order chi connectivity index (χ0) is 23.8.